The first kappa shape index (κ1) is 8.68. The zero-order valence-electron chi connectivity index (χ0n) is 7.97. The fourth-order valence-corrected chi connectivity index (χ4v) is 1.31. The number of hydrogen-bond acceptors (Lipinski definition) is 4. The van der Waals surface area contributed by atoms with Crippen LogP contribution in [0, 0.1) is 6.92 Å². The third kappa shape index (κ3) is 1.32. The average Bonchev–Trinajstić information content (AvgIpc) is 2.56. The maximum absolute atomic E-state index is 9.35. The van der Waals surface area contributed by atoms with E-state index in [1.807, 2.05) is 13.0 Å². The summed E-state index contributed by atoms with van der Waals surface area (Å²) in [5.74, 6) is 0.868. The number of rotatable bonds is 1. The molecule has 0 spiro atoms. The van der Waals surface area contributed by atoms with Gasteiger partial charge in [-0.05, 0) is 35.0 Å². The predicted octanol–water partition coefficient (Wildman–Crippen LogP) is 0.891. The van der Waals surface area contributed by atoms with Crippen LogP contribution in [0.15, 0.2) is 18.2 Å². The topological polar surface area (TPSA) is 63.8 Å². The molecular weight excluding hydrogens is 180 g/mol. The number of nitrogens with zero attached hydrogens (tertiary/aromatic N) is 4. The van der Waals surface area contributed by atoms with Crippen LogP contribution < -0.4 is 0 Å². The van der Waals surface area contributed by atoms with E-state index in [-0.39, 0.29) is 5.75 Å². The highest BCUT2D eigenvalue weighted by atomic mass is 16.3. The minimum atomic E-state index is 0.216. The molecule has 0 saturated heterocycles. The standard InChI is InChI=1S/C9H10N4O/c1-6-3-4-7(14)5-8(6)9-10-11-12-13(9)2/h3-5,14H,1-2H3. The van der Waals surface area contributed by atoms with Gasteiger partial charge in [-0.3, -0.25) is 0 Å². The Morgan fingerprint density at radius 1 is 1.36 bits per heavy atom. The van der Waals surface area contributed by atoms with Crippen molar-refractivity contribution in [2.75, 3.05) is 0 Å². The molecule has 0 atom stereocenters. The van der Waals surface area contributed by atoms with Crippen LogP contribution in [-0.4, -0.2) is 25.3 Å². The first-order valence-corrected chi connectivity index (χ1v) is 4.21. The summed E-state index contributed by atoms with van der Waals surface area (Å²) in [5.41, 5.74) is 1.87. The van der Waals surface area contributed by atoms with E-state index in [1.165, 1.54) is 0 Å². The monoisotopic (exact) mass is 190 g/mol. The van der Waals surface area contributed by atoms with E-state index in [9.17, 15) is 5.11 Å². The fraction of sp³-hybridized carbons (Fsp3) is 0.222. The van der Waals surface area contributed by atoms with E-state index in [0.29, 0.717) is 5.82 Å². The van der Waals surface area contributed by atoms with Gasteiger partial charge in [0.2, 0.25) is 0 Å². The highest BCUT2D eigenvalue weighted by molar-refractivity contribution is 5.61. The average molecular weight is 190 g/mol. The lowest BCUT2D eigenvalue weighted by Crippen LogP contribution is -1.95. The summed E-state index contributed by atoms with van der Waals surface area (Å²) in [4.78, 5) is 0. The SMILES string of the molecule is Cc1ccc(O)cc1-c1nnnn1C. The summed E-state index contributed by atoms with van der Waals surface area (Å²) in [7, 11) is 1.76. The van der Waals surface area contributed by atoms with Crippen molar-refractivity contribution < 1.29 is 5.11 Å². The lowest BCUT2D eigenvalue weighted by atomic mass is 10.1. The van der Waals surface area contributed by atoms with Gasteiger partial charge in [0.15, 0.2) is 5.82 Å². The minimum absolute atomic E-state index is 0.216. The highest BCUT2D eigenvalue weighted by Gasteiger charge is 2.09. The van der Waals surface area contributed by atoms with E-state index >= 15 is 0 Å². The largest absolute Gasteiger partial charge is 0.508 e. The Balaban J connectivity index is 2.62. The molecule has 1 N–H and O–H groups in total. The first-order chi connectivity index (χ1) is 6.68. The molecule has 14 heavy (non-hydrogen) atoms. The van der Waals surface area contributed by atoms with Gasteiger partial charge < -0.3 is 5.11 Å². The number of phenolic OH excluding ortho intramolecular Hbond substituents is 1. The molecule has 5 nitrogen and oxygen atoms in total. The lowest BCUT2D eigenvalue weighted by Gasteiger charge is -2.03. The maximum Gasteiger partial charge on any atom is 0.182 e. The van der Waals surface area contributed by atoms with Gasteiger partial charge >= 0.3 is 0 Å². The van der Waals surface area contributed by atoms with Crippen molar-refractivity contribution in [3.05, 3.63) is 23.8 Å². The van der Waals surface area contributed by atoms with Gasteiger partial charge in [0.1, 0.15) is 5.75 Å². The molecule has 0 amide bonds. The van der Waals surface area contributed by atoms with Gasteiger partial charge in [-0.15, -0.1) is 5.10 Å². The number of aromatic hydroxyl groups is 1. The summed E-state index contributed by atoms with van der Waals surface area (Å²) in [6, 6.07) is 5.13. The van der Waals surface area contributed by atoms with Gasteiger partial charge in [0, 0.05) is 12.6 Å². The molecule has 2 aromatic rings. The summed E-state index contributed by atoms with van der Waals surface area (Å²) in [5, 5.41) is 20.5. The fourth-order valence-electron chi connectivity index (χ4n) is 1.31. The third-order valence-electron chi connectivity index (χ3n) is 2.08. The quantitative estimate of drug-likeness (QED) is 0.725. The van der Waals surface area contributed by atoms with Crippen molar-refractivity contribution in [3.8, 4) is 17.1 Å². The van der Waals surface area contributed by atoms with E-state index in [2.05, 4.69) is 15.5 Å². The van der Waals surface area contributed by atoms with E-state index in [4.69, 9.17) is 0 Å². The first-order valence-electron chi connectivity index (χ1n) is 4.21. The molecule has 1 aromatic carbocycles. The normalized spacial score (nSPS) is 10.4. The second-order valence-corrected chi connectivity index (χ2v) is 3.13. The van der Waals surface area contributed by atoms with Gasteiger partial charge in [-0.25, -0.2) is 4.68 Å². The number of aryl methyl sites for hydroxylation is 2. The smallest absolute Gasteiger partial charge is 0.182 e. The van der Waals surface area contributed by atoms with Crippen molar-refractivity contribution in [1.82, 2.24) is 20.2 Å². The molecule has 1 aromatic heterocycles. The molecule has 0 aliphatic heterocycles. The van der Waals surface area contributed by atoms with Gasteiger partial charge in [0.25, 0.3) is 0 Å². The highest BCUT2D eigenvalue weighted by Crippen LogP contribution is 2.24. The zero-order valence-corrected chi connectivity index (χ0v) is 7.97. The molecule has 0 fully saturated rings. The number of aromatic nitrogens is 4. The van der Waals surface area contributed by atoms with Crippen molar-refractivity contribution in [1.29, 1.82) is 0 Å². The van der Waals surface area contributed by atoms with Crippen LogP contribution in [0.4, 0.5) is 0 Å². The van der Waals surface area contributed by atoms with E-state index in [0.717, 1.165) is 11.1 Å². The van der Waals surface area contributed by atoms with Crippen LogP contribution in [0.3, 0.4) is 0 Å². The molecule has 0 aliphatic rings. The van der Waals surface area contributed by atoms with Crippen LogP contribution in [0.1, 0.15) is 5.56 Å². The molecule has 0 bridgehead atoms. The van der Waals surface area contributed by atoms with Crippen LogP contribution in [0.5, 0.6) is 5.75 Å². The predicted molar refractivity (Wildman–Crippen MR) is 50.6 cm³/mol. The molecule has 0 aliphatic carbocycles. The summed E-state index contributed by atoms with van der Waals surface area (Å²) >= 11 is 0. The summed E-state index contributed by atoms with van der Waals surface area (Å²) < 4.78 is 1.57. The van der Waals surface area contributed by atoms with E-state index < -0.39 is 0 Å². The number of phenols is 1. The Labute approximate surface area is 81.0 Å². The third-order valence-corrected chi connectivity index (χ3v) is 2.08. The molecular formula is C9H10N4O. The Hall–Kier alpha value is -1.91. The van der Waals surface area contributed by atoms with Crippen LogP contribution >= 0.6 is 0 Å². The lowest BCUT2D eigenvalue weighted by molar-refractivity contribution is 0.475. The van der Waals surface area contributed by atoms with Crippen LogP contribution in [-0.2, 0) is 7.05 Å². The minimum Gasteiger partial charge on any atom is -0.508 e. The van der Waals surface area contributed by atoms with Crippen molar-refractivity contribution in [2.45, 2.75) is 6.92 Å². The van der Waals surface area contributed by atoms with Gasteiger partial charge in [-0.2, -0.15) is 0 Å². The van der Waals surface area contributed by atoms with Crippen molar-refractivity contribution in [3.63, 3.8) is 0 Å². The Bertz CT molecular complexity index is 464. The molecule has 5 heteroatoms. The molecule has 1 heterocycles. The zero-order chi connectivity index (χ0) is 10.1. The summed E-state index contributed by atoms with van der Waals surface area (Å²) in [6.45, 7) is 1.95. The second kappa shape index (κ2) is 3.10. The van der Waals surface area contributed by atoms with Crippen molar-refractivity contribution >= 4 is 0 Å². The Morgan fingerprint density at radius 3 is 2.79 bits per heavy atom. The molecule has 2 rings (SSSR count). The van der Waals surface area contributed by atoms with E-state index in [1.54, 1.807) is 23.9 Å². The van der Waals surface area contributed by atoms with Crippen molar-refractivity contribution in [2.24, 2.45) is 7.05 Å². The Morgan fingerprint density at radius 2 is 2.14 bits per heavy atom. The number of tetrazole rings is 1. The summed E-state index contributed by atoms with van der Waals surface area (Å²) in [6.07, 6.45) is 0. The van der Waals surface area contributed by atoms with Gasteiger partial charge in [0.05, 0.1) is 0 Å². The van der Waals surface area contributed by atoms with Gasteiger partial charge in [-0.1, -0.05) is 6.07 Å². The Kier molecular flexibility index (Phi) is 1.92. The van der Waals surface area contributed by atoms with Crippen LogP contribution in [0.2, 0.25) is 0 Å². The molecule has 0 unspecified atom stereocenters. The number of benzene rings is 1. The molecule has 0 saturated carbocycles. The second-order valence-electron chi connectivity index (χ2n) is 3.13. The number of hydrogen-bond donors (Lipinski definition) is 1. The molecule has 72 valence electrons. The maximum atomic E-state index is 9.35. The molecule has 0 radical (unpaired) electrons. The van der Waals surface area contributed by atoms with Crippen LogP contribution in [0.25, 0.3) is 11.4 Å².